The number of hydrogen-bond acceptors (Lipinski definition) is 3. The van der Waals surface area contributed by atoms with Crippen molar-refractivity contribution in [1.29, 1.82) is 0 Å². The molecular formula is C15H17NO3S. The van der Waals surface area contributed by atoms with Gasteiger partial charge < -0.3 is 5.11 Å². The zero-order valence-electron chi connectivity index (χ0n) is 11.4. The van der Waals surface area contributed by atoms with Gasteiger partial charge in [-0.15, -0.1) is 0 Å². The summed E-state index contributed by atoms with van der Waals surface area (Å²) in [7, 11) is -3.53. The first-order valence-electron chi connectivity index (χ1n) is 6.23. The Hall–Kier alpha value is -1.85. The average molecular weight is 291 g/mol. The SMILES string of the molecule is Cc1ccc(S(=O)(=O)NCc2ccc(O)cc2)c(C)c1. The van der Waals surface area contributed by atoms with Crippen molar-refractivity contribution in [2.45, 2.75) is 25.3 Å². The second-order valence-corrected chi connectivity index (χ2v) is 6.50. The van der Waals surface area contributed by atoms with Gasteiger partial charge in [-0.3, -0.25) is 0 Å². The van der Waals surface area contributed by atoms with Gasteiger partial charge in [0.05, 0.1) is 4.90 Å². The van der Waals surface area contributed by atoms with Gasteiger partial charge in [-0.2, -0.15) is 0 Å². The molecule has 0 fully saturated rings. The lowest BCUT2D eigenvalue weighted by atomic mass is 10.2. The molecule has 0 bridgehead atoms. The van der Waals surface area contributed by atoms with E-state index in [1.165, 1.54) is 12.1 Å². The zero-order chi connectivity index (χ0) is 14.8. The van der Waals surface area contributed by atoms with E-state index in [1.807, 2.05) is 13.0 Å². The topological polar surface area (TPSA) is 66.4 Å². The van der Waals surface area contributed by atoms with Gasteiger partial charge in [-0.1, -0.05) is 29.8 Å². The highest BCUT2D eigenvalue weighted by Gasteiger charge is 2.16. The molecule has 5 heteroatoms. The van der Waals surface area contributed by atoms with E-state index in [0.717, 1.165) is 16.7 Å². The highest BCUT2D eigenvalue weighted by molar-refractivity contribution is 7.89. The van der Waals surface area contributed by atoms with Crippen LogP contribution in [-0.2, 0) is 16.6 Å². The van der Waals surface area contributed by atoms with Crippen LogP contribution in [0.4, 0.5) is 0 Å². The van der Waals surface area contributed by atoms with E-state index in [0.29, 0.717) is 4.90 Å². The normalized spacial score (nSPS) is 11.5. The first-order valence-corrected chi connectivity index (χ1v) is 7.71. The van der Waals surface area contributed by atoms with E-state index >= 15 is 0 Å². The molecule has 0 aliphatic heterocycles. The third-order valence-corrected chi connectivity index (χ3v) is 4.58. The summed E-state index contributed by atoms with van der Waals surface area (Å²) in [5.41, 5.74) is 2.54. The highest BCUT2D eigenvalue weighted by Crippen LogP contribution is 2.17. The molecule has 0 heterocycles. The molecule has 20 heavy (non-hydrogen) atoms. The van der Waals surface area contributed by atoms with Gasteiger partial charge in [0, 0.05) is 6.54 Å². The maximum Gasteiger partial charge on any atom is 0.241 e. The first-order chi connectivity index (χ1) is 9.38. The largest absolute Gasteiger partial charge is 0.508 e. The summed E-state index contributed by atoms with van der Waals surface area (Å²) < 4.78 is 27.1. The van der Waals surface area contributed by atoms with Crippen LogP contribution in [0, 0.1) is 13.8 Å². The fourth-order valence-corrected chi connectivity index (χ4v) is 3.21. The van der Waals surface area contributed by atoms with Crippen molar-refractivity contribution in [3.05, 3.63) is 59.2 Å². The predicted octanol–water partition coefficient (Wildman–Crippen LogP) is 2.49. The summed E-state index contributed by atoms with van der Waals surface area (Å²) in [5, 5.41) is 9.19. The quantitative estimate of drug-likeness (QED) is 0.909. The van der Waals surface area contributed by atoms with Gasteiger partial charge in [0.25, 0.3) is 0 Å². The van der Waals surface area contributed by atoms with E-state index < -0.39 is 10.0 Å². The lowest BCUT2D eigenvalue weighted by Gasteiger charge is -2.10. The molecule has 2 aromatic rings. The van der Waals surface area contributed by atoms with Gasteiger partial charge in [-0.25, -0.2) is 13.1 Å². The Morgan fingerprint density at radius 1 is 1.05 bits per heavy atom. The average Bonchev–Trinajstić information content (AvgIpc) is 2.37. The molecule has 2 aromatic carbocycles. The first kappa shape index (κ1) is 14.6. The van der Waals surface area contributed by atoms with Crippen molar-refractivity contribution >= 4 is 10.0 Å². The van der Waals surface area contributed by atoms with Crippen molar-refractivity contribution in [3.8, 4) is 5.75 Å². The van der Waals surface area contributed by atoms with Crippen molar-refractivity contribution in [2.75, 3.05) is 0 Å². The van der Waals surface area contributed by atoms with E-state index in [1.54, 1.807) is 31.2 Å². The van der Waals surface area contributed by atoms with Gasteiger partial charge >= 0.3 is 0 Å². The number of phenols is 1. The molecule has 0 radical (unpaired) electrons. The second-order valence-electron chi connectivity index (χ2n) is 4.76. The van der Waals surface area contributed by atoms with Crippen LogP contribution >= 0.6 is 0 Å². The molecule has 2 N–H and O–H groups in total. The third kappa shape index (κ3) is 3.37. The Morgan fingerprint density at radius 2 is 1.70 bits per heavy atom. The Bertz CT molecular complexity index is 706. The van der Waals surface area contributed by atoms with E-state index in [-0.39, 0.29) is 12.3 Å². The molecule has 0 amide bonds. The number of nitrogens with one attached hydrogen (secondary N) is 1. The predicted molar refractivity (Wildman–Crippen MR) is 78.0 cm³/mol. The van der Waals surface area contributed by atoms with Crippen molar-refractivity contribution < 1.29 is 13.5 Å². The van der Waals surface area contributed by atoms with Crippen molar-refractivity contribution in [1.82, 2.24) is 4.72 Å². The Labute approximate surface area is 119 Å². The van der Waals surface area contributed by atoms with Gasteiger partial charge in [0.15, 0.2) is 0 Å². The maximum atomic E-state index is 12.2. The molecule has 0 spiro atoms. The molecule has 0 saturated carbocycles. The summed E-state index contributed by atoms with van der Waals surface area (Å²) in [6, 6.07) is 11.7. The molecule has 2 rings (SSSR count). The van der Waals surface area contributed by atoms with E-state index in [9.17, 15) is 13.5 Å². The molecule has 0 aromatic heterocycles. The Kier molecular flexibility index (Phi) is 4.11. The van der Waals surface area contributed by atoms with Crippen LogP contribution in [-0.4, -0.2) is 13.5 Å². The van der Waals surface area contributed by atoms with Crippen LogP contribution in [0.25, 0.3) is 0 Å². The van der Waals surface area contributed by atoms with Crippen molar-refractivity contribution in [3.63, 3.8) is 0 Å². The standard InChI is InChI=1S/C15H17NO3S/c1-11-3-8-15(12(2)9-11)20(18,19)16-10-13-4-6-14(17)7-5-13/h3-9,16-17H,10H2,1-2H3. The molecular weight excluding hydrogens is 274 g/mol. The number of rotatable bonds is 4. The summed E-state index contributed by atoms with van der Waals surface area (Å²) in [6.07, 6.45) is 0. The van der Waals surface area contributed by atoms with Crippen LogP contribution in [0.3, 0.4) is 0 Å². The Balaban J connectivity index is 2.17. The van der Waals surface area contributed by atoms with Gasteiger partial charge in [0.1, 0.15) is 5.75 Å². The number of aromatic hydroxyl groups is 1. The van der Waals surface area contributed by atoms with Gasteiger partial charge in [-0.05, 0) is 43.2 Å². The number of phenolic OH excluding ortho intramolecular Hbond substituents is 1. The lowest BCUT2D eigenvalue weighted by Crippen LogP contribution is -2.24. The van der Waals surface area contributed by atoms with E-state index in [2.05, 4.69) is 4.72 Å². The molecule has 0 saturated heterocycles. The number of benzene rings is 2. The molecule has 0 aliphatic rings. The molecule has 4 nitrogen and oxygen atoms in total. The summed E-state index contributed by atoms with van der Waals surface area (Å²) in [5.74, 6) is 0.158. The lowest BCUT2D eigenvalue weighted by molar-refractivity contribution is 0.475. The zero-order valence-corrected chi connectivity index (χ0v) is 12.2. The van der Waals surface area contributed by atoms with Gasteiger partial charge in [0.2, 0.25) is 10.0 Å². The smallest absolute Gasteiger partial charge is 0.241 e. The van der Waals surface area contributed by atoms with Crippen LogP contribution in [0.1, 0.15) is 16.7 Å². The monoisotopic (exact) mass is 291 g/mol. The van der Waals surface area contributed by atoms with Crippen molar-refractivity contribution in [2.24, 2.45) is 0 Å². The number of hydrogen-bond donors (Lipinski definition) is 2. The summed E-state index contributed by atoms with van der Waals surface area (Å²) >= 11 is 0. The number of sulfonamides is 1. The molecule has 0 atom stereocenters. The minimum absolute atomic E-state index is 0.158. The minimum Gasteiger partial charge on any atom is -0.508 e. The molecule has 0 unspecified atom stereocenters. The second kappa shape index (κ2) is 5.64. The summed E-state index contributed by atoms with van der Waals surface area (Å²) in [6.45, 7) is 3.89. The molecule has 0 aliphatic carbocycles. The minimum atomic E-state index is -3.53. The van der Waals surface area contributed by atoms with Crippen LogP contribution in [0.2, 0.25) is 0 Å². The van der Waals surface area contributed by atoms with E-state index in [4.69, 9.17) is 0 Å². The third-order valence-electron chi connectivity index (χ3n) is 3.02. The maximum absolute atomic E-state index is 12.2. The highest BCUT2D eigenvalue weighted by atomic mass is 32.2. The fraction of sp³-hybridized carbons (Fsp3) is 0.200. The van der Waals surface area contributed by atoms with Crippen LogP contribution in [0.15, 0.2) is 47.4 Å². The van der Waals surface area contributed by atoms with Crippen LogP contribution < -0.4 is 4.72 Å². The molecule has 106 valence electrons. The van der Waals surface area contributed by atoms with Crippen LogP contribution in [0.5, 0.6) is 5.75 Å². The Morgan fingerprint density at radius 3 is 2.30 bits per heavy atom. The fourth-order valence-electron chi connectivity index (χ4n) is 1.97. The summed E-state index contributed by atoms with van der Waals surface area (Å²) in [4.78, 5) is 0.293. The number of aryl methyl sites for hydroxylation is 2.